The number of nitrogen functional groups attached to an aromatic ring is 1. The minimum absolute atomic E-state index is 0.708. The van der Waals surface area contributed by atoms with Gasteiger partial charge in [-0.05, 0) is 31.5 Å². The van der Waals surface area contributed by atoms with E-state index in [-0.39, 0.29) is 0 Å². The van der Waals surface area contributed by atoms with E-state index in [1.807, 2.05) is 35.6 Å². The van der Waals surface area contributed by atoms with Gasteiger partial charge in [-0.25, -0.2) is 4.98 Å². The summed E-state index contributed by atoms with van der Waals surface area (Å²) in [5.74, 6) is 0.708. The summed E-state index contributed by atoms with van der Waals surface area (Å²) in [5, 5.41) is 0.734. The lowest BCUT2D eigenvalue weighted by Crippen LogP contribution is -1.95. The first kappa shape index (κ1) is 11.6. The van der Waals surface area contributed by atoms with Gasteiger partial charge in [-0.15, -0.1) is 11.3 Å². The summed E-state index contributed by atoms with van der Waals surface area (Å²) < 4.78 is 2.01. The van der Waals surface area contributed by atoms with Crippen LogP contribution in [-0.2, 0) is 0 Å². The van der Waals surface area contributed by atoms with Gasteiger partial charge < -0.3 is 5.73 Å². The van der Waals surface area contributed by atoms with E-state index in [4.69, 9.17) is 17.3 Å². The lowest BCUT2D eigenvalue weighted by atomic mass is 10.1. The zero-order valence-electron chi connectivity index (χ0n) is 10.1. The van der Waals surface area contributed by atoms with Crippen LogP contribution < -0.4 is 5.73 Å². The van der Waals surface area contributed by atoms with Crippen LogP contribution in [-0.4, -0.2) is 9.38 Å². The molecular formula is C13H12ClN3S. The van der Waals surface area contributed by atoms with E-state index in [1.54, 1.807) is 11.3 Å². The molecule has 2 N–H and O–H groups in total. The zero-order valence-corrected chi connectivity index (χ0v) is 11.6. The molecule has 0 saturated heterocycles. The summed E-state index contributed by atoms with van der Waals surface area (Å²) in [7, 11) is 0. The van der Waals surface area contributed by atoms with Crippen LogP contribution in [0.4, 0.5) is 5.82 Å². The molecule has 0 aliphatic rings. The Balaban J connectivity index is 2.33. The van der Waals surface area contributed by atoms with Gasteiger partial charge in [0, 0.05) is 9.90 Å². The number of fused-ring (bicyclic) bond motifs is 1. The molecule has 3 rings (SSSR count). The second-order valence-corrected chi connectivity index (χ2v) is 5.83. The number of hydrogen-bond acceptors (Lipinski definition) is 3. The van der Waals surface area contributed by atoms with Crippen molar-refractivity contribution >= 4 is 33.7 Å². The van der Waals surface area contributed by atoms with Crippen molar-refractivity contribution in [3.63, 3.8) is 0 Å². The maximum Gasteiger partial charge on any atom is 0.196 e. The molecule has 0 bridgehead atoms. The highest BCUT2D eigenvalue weighted by molar-refractivity contribution is 7.17. The Kier molecular flexibility index (Phi) is 2.57. The summed E-state index contributed by atoms with van der Waals surface area (Å²) in [4.78, 5) is 6.61. The Labute approximate surface area is 114 Å². The average molecular weight is 278 g/mol. The number of aryl methyl sites for hydroxylation is 2. The Morgan fingerprint density at radius 2 is 1.89 bits per heavy atom. The topological polar surface area (TPSA) is 43.3 Å². The first-order valence-corrected chi connectivity index (χ1v) is 6.77. The Bertz CT molecular complexity index is 725. The fraction of sp³-hybridized carbons (Fsp3) is 0.154. The Morgan fingerprint density at radius 3 is 2.56 bits per heavy atom. The highest BCUT2D eigenvalue weighted by Crippen LogP contribution is 2.34. The van der Waals surface area contributed by atoms with Gasteiger partial charge in [-0.1, -0.05) is 23.7 Å². The van der Waals surface area contributed by atoms with E-state index in [2.05, 4.69) is 11.9 Å². The molecule has 0 spiro atoms. The molecule has 0 saturated carbocycles. The second kappa shape index (κ2) is 4.00. The smallest absolute Gasteiger partial charge is 0.196 e. The van der Waals surface area contributed by atoms with E-state index in [0.717, 1.165) is 26.9 Å². The molecule has 0 radical (unpaired) electrons. The average Bonchev–Trinajstić information content (AvgIpc) is 2.78. The third-order valence-corrected chi connectivity index (χ3v) is 4.19. The molecule has 0 atom stereocenters. The molecule has 18 heavy (non-hydrogen) atoms. The maximum atomic E-state index is 6.10. The molecule has 0 aliphatic carbocycles. The normalized spacial score (nSPS) is 11.3. The Morgan fingerprint density at radius 1 is 1.22 bits per heavy atom. The molecule has 3 nitrogen and oxygen atoms in total. The molecule has 2 aromatic heterocycles. The van der Waals surface area contributed by atoms with E-state index >= 15 is 0 Å². The van der Waals surface area contributed by atoms with Crippen molar-refractivity contribution in [2.45, 2.75) is 13.8 Å². The van der Waals surface area contributed by atoms with Crippen LogP contribution in [0.2, 0.25) is 5.02 Å². The highest BCUT2D eigenvalue weighted by Gasteiger charge is 2.16. The summed E-state index contributed by atoms with van der Waals surface area (Å²) in [6.45, 7) is 4.01. The quantitative estimate of drug-likeness (QED) is 0.733. The Hall–Kier alpha value is -1.52. The van der Waals surface area contributed by atoms with E-state index in [0.29, 0.717) is 5.82 Å². The van der Waals surface area contributed by atoms with Crippen LogP contribution in [0.1, 0.15) is 10.6 Å². The van der Waals surface area contributed by atoms with Gasteiger partial charge in [0.2, 0.25) is 0 Å². The number of rotatable bonds is 1. The van der Waals surface area contributed by atoms with Gasteiger partial charge in [-0.3, -0.25) is 4.40 Å². The van der Waals surface area contributed by atoms with Crippen molar-refractivity contribution in [2.75, 3.05) is 5.73 Å². The first-order chi connectivity index (χ1) is 8.58. The maximum absolute atomic E-state index is 6.10. The predicted molar refractivity (Wildman–Crippen MR) is 77.4 cm³/mol. The molecule has 0 aliphatic heterocycles. The van der Waals surface area contributed by atoms with Crippen molar-refractivity contribution < 1.29 is 0 Å². The van der Waals surface area contributed by atoms with Crippen molar-refractivity contribution in [3.05, 3.63) is 39.9 Å². The summed E-state index contributed by atoms with van der Waals surface area (Å²) in [6.07, 6.45) is 0. The minimum atomic E-state index is 0.708. The number of imidazole rings is 1. The standard InChI is InChI=1S/C13H12ClN3S/c1-7-12(15)17-11(8(2)18-13(17)16-7)9-3-5-10(14)6-4-9/h3-6H,15H2,1-2H3. The van der Waals surface area contributed by atoms with Gasteiger partial charge in [-0.2, -0.15) is 0 Å². The molecule has 2 heterocycles. The largest absolute Gasteiger partial charge is 0.383 e. The molecule has 5 heteroatoms. The number of hydrogen-bond donors (Lipinski definition) is 1. The molecule has 0 unspecified atom stereocenters. The van der Waals surface area contributed by atoms with Crippen molar-refractivity contribution in [1.29, 1.82) is 0 Å². The van der Waals surface area contributed by atoms with Gasteiger partial charge >= 0.3 is 0 Å². The van der Waals surface area contributed by atoms with Gasteiger partial charge in [0.15, 0.2) is 4.96 Å². The highest BCUT2D eigenvalue weighted by atomic mass is 35.5. The lowest BCUT2D eigenvalue weighted by molar-refractivity contribution is 1.22. The molecule has 0 amide bonds. The monoisotopic (exact) mass is 277 g/mol. The van der Waals surface area contributed by atoms with Crippen LogP contribution in [0.3, 0.4) is 0 Å². The number of halogens is 1. The third kappa shape index (κ3) is 1.61. The first-order valence-electron chi connectivity index (χ1n) is 5.58. The number of nitrogens with zero attached hydrogens (tertiary/aromatic N) is 2. The summed E-state index contributed by atoms with van der Waals surface area (Å²) in [6, 6.07) is 7.79. The SMILES string of the molecule is Cc1nc2sc(C)c(-c3ccc(Cl)cc3)n2c1N. The van der Waals surface area contributed by atoms with Crippen LogP contribution in [0, 0.1) is 13.8 Å². The summed E-state index contributed by atoms with van der Waals surface area (Å²) in [5.41, 5.74) is 9.18. The molecular weight excluding hydrogens is 266 g/mol. The summed E-state index contributed by atoms with van der Waals surface area (Å²) >= 11 is 7.58. The fourth-order valence-corrected chi connectivity index (χ4v) is 3.25. The second-order valence-electron chi connectivity index (χ2n) is 4.21. The number of nitrogens with two attached hydrogens (primary N) is 1. The van der Waals surface area contributed by atoms with E-state index in [9.17, 15) is 0 Å². The third-order valence-electron chi connectivity index (χ3n) is 2.99. The van der Waals surface area contributed by atoms with Gasteiger partial charge in [0.05, 0.1) is 11.4 Å². The molecule has 1 aromatic carbocycles. The predicted octanol–water partition coefficient (Wildman–Crippen LogP) is 3.92. The lowest BCUT2D eigenvalue weighted by Gasteiger charge is -2.04. The number of thiazole rings is 1. The van der Waals surface area contributed by atoms with E-state index < -0.39 is 0 Å². The molecule has 0 fully saturated rings. The van der Waals surface area contributed by atoms with Crippen LogP contribution in [0.15, 0.2) is 24.3 Å². The molecule has 3 aromatic rings. The number of anilines is 1. The van der Waals surface area contributed by atoms with Crippen LogP contribution in [0.25, 0.3) is 16.2 Å². The minimum Gasteiger partial charge on any atom is -0.383 e. The van der Waals surface area contributed by atoms with Crippen LogP contribution >= 0.6 is 22.9 Å². The van der Waals surface area contributed by atoms with Crippen molar-refractivity contribution in [3.8, 4) is 11.3 Å². The van der Waals surface area contributed by atoms with E-state index in [1.165, 1.54) is 4.88 Å². The number of benzene rings is 1. The molecule has 92 valence electrons. The van der Waals surface area contributed by atoms with Gasteiger partial charge in [0.25, 0.3) is 0 Å². The fourth-order valence-electron chi connectivity index (χ4n) is 2.08. The van der Waals surface area contributed by atoms with Crippen molar-refractivity contribution in [2.24, 2.45) is 0 Å². The van der Waals surface area contributed by atoms with Crippen molar-refractivity contribution in [1.82, 2.24) is 9.38 Å². The number of aromatic nitrogens is 2. The van der Waals surface area contributed by atoms with Crippen LogP contribution in [0.5, 0.6) is 0 Å². The van der Waals surface area contributed by atoms with Gasteiger partial charge in [0.1, 0.15) is 5.82 Å². The zero-order chi connectivity index (χ0) is 12.9.